The topological polar surface area (TPSA) is 78.5 Å². The highest BCUT2D eigenvalue weighted by atomic mass is 16.6. The van der Waals surface area contributed by atoms with Gasteiger partial charge in [0.2, 0.25) is 0 Å². The van der Waals surface area contributed by atoms with E-state index in [0.717, 1.165) is 16.9 Å². The van der Waals surface area contributed by atoms with Crippen molar-refractivity contribution < 1.29 is 18.7 Å². The van der Waals surface area contributed by atoms with Crippen molar-refractivity contribution in [2.45, 2.75) is 12.6 Å². The van der Waals surface area contributed by atoms with Crippen molar-refractivity contribution in [1.29, 1.82) is 0 Å². The summed E-state index contributed by atoms with van der Waals surface area (Å²) in [7, 11) is 0. The minimum atomic E-state index is -0.318. The van der Waals surface area contributed by atoms with Gasteiger partial charge in [0.25, 0.3) is 5.91 Å². The number of ether oxygens (including phenoxy) is 2. The molecule has 28 heavy (non-hydrogen) atoms. The molecular formula is C21H17N3O4. The van der Waals surface area contributed by atoms with E-state index in [1.165, 1.54) is 0 Å². The molecule has 0 bridgehead atoms. The molecule has 0 fully saturated rings. The van der Waals surface area contributed by atoms with Crippen molar-refractivity contribution in [2.24, 2.45) is 0 Å². The predicted octanol–water partition coefficient (Wildman–Crippen LogP) is 3.72. The van der Waals surface area contributed by atoms with Gasteiger partial charge in [-0.1, -0.05) is 30.3 Å². The van der Waals surface area contributed by atoms with Gasteiger partial charge >= 0.3 is 0 Å². The highest BCUT2D eigenvalue weighted by Gasteiger charge is 2.21. The first kappa shape index (κ1) is 16.4. The number of nitrogens with zero attached hydrogens (tertiary/aromatic N) is 2. The van der Waals surface area contributed by atoms with E-state index in [1.54, 1.807) is 23.1 Å². The lowest BCUT2D eigenvalue weighted by Gasteiger charge is -2.26. The highest BCUT2D eigenvalue weighted by Crippen LogP contribution is 2.31. The molecule has 1 aliphatic rings. The normalized spacial score (nSPS) is 15.5. The molecule has 1 amide bonds. The zero-order chi connectivity index (χ0) is 18.9. The number of furan rings is 1. The average Bonchev–Trinajstić information content (AvgIpc) is 3.34. The number of aromatic nitrogens is 2. The molecule has 7 nitrogen and oxygen atoms in total. The fraction of sp³-hybridized carbons (Fsp3) is 0.143. The van der Waals surface area contributed by atoms with Crippen molar-refractivity contribution in [3.8, 4) is 11.5 Å². The van der Waals surface area contributed by atoms with E-state index < -0.39 is 0 Å². The van der Waals surface area contributed by atoms with E-state index in [-0.39, 0.29) is 17.8 Å². The Morgan fingerprint density at radius 2 is 1.96 bits per heavy atom. The lowest BCUT2D eigenvalue weighted by Crippen LogP contribution is -2.33. The smallest absolute Gasteiger partial charge is 0.291 e. The Balaban J connectivity index is 1.24. The predicted molar refractivity (Wildman–Crippen MR) is 103 cm³/mol. The van der Waals surface area contributed by atoms with Crippen LogP contribution in [0.1, 0.15) is 10.6 Å². The van der Waals surface area contributed by atoms with Crippen molar-refractivity contribution in [3.05, 3.63) is 72.8 Å². The molecule has 0 saturated heterocycles. The summed E-state index contributed by atoms with van der Waals surface area (Å²) in [5.74, 6) is 1.42. The first-order valence-corrected chi connectivity index (χ1v) is 8.95. The lowest BCUT2D eigenvalue weighted by molar-refractivity contribution is 0.0759. The molecule has 7 heteroatoms. The lowest BCUT2D eigenvalue weighted by atomic mass is 10.2. The minimum Gasteiger partial charge on any atom is -0.486 e. The van der Waals surface area contributed by atoms with Gasteiger partial charge in [-0.3, -0.25) is 9.48 Å². The second-order valence-corrected chi connectivity index (χ2v) is 6.55. The molecule has 2 aromatic carbocycles. The van der Waals surface area contributed by atoms with Gasteiger partial charge in [0.15, 0.2) is 23.4 Å². The monoisotopic (exact) mass is 375 g/mol. The number of carbonyl (C=O) groups is 1. The number of para-hydroxylation sites is 3. The van der Waals surface area contributed by atoms with Gasteiger partial charge in [-0.05, 0) is 24.3 Å². The quantitative estimate of drug-likeness (QED) is 0.588. The van der Waals surface area contributed by atoms with Gasteiger partial charge in [0.05, 0.1) is 18.4 Å². The molecule has 0 spiro atoms. The maximum Gasteiger partial charge on any atom is 0.291 e. The number of fused-ring (bicyclic) bond motifs is 2. The Kier molecular flexibility index (Phi) is 3.97. The highest BCUT2D eigenvalue weighted by molar-refractivity contribution is 6.04. The van der Waals surface area contributed by atoms with Crippen molar-refractivity contribution >= 4 is 22.6 Å². The van der Waals surface area contributed by atoms with Crippen molar-refractivity contribution in [2.75, 3.05) is 11.9 Å². The van der Waals surface area contributed by atoms with Crippen LogP contribution >= 0.6 is 0 Å². The number of nitrogens with one attached hydrogen (secondary N) is 1. The molecule has 0 radical (unpaired) electrons. The molecule has 0 saturated carbocycles. The van der Waals surface area contributed by atoms with Crippen molar-refractivity contribution in [3.63, 3.8) is 0 Å². The third-order valence-corrected chi connectivity index (χ3v) is 4.50. The van der Waals surface area contributed by atoms with E-state index in [9.17, 15) is 4.79 Å². The molecule has 1 aliphatic heterocycles. The van der Waals surface area contributed by atoms with Crippen LogP contribution in [0.5, 0.6) is 11.5 Å². The third-order valence-electron chi connectivity index (χ3n) is 4.50. The number of benzene rings is 2. The van der Waals surface area contributed by atoms with E-state index in [2.05, 4.69) is 10.4 Å². The number of anilines is 1. The molecule has 5 rings (SSSR count). The molecule has 1 atom stereocenters. The molecule has 3 heterocycles. The van der Waals surface area contributed by atoms with Crippen molar-refractivity contribution in [1.82, 2.24) is 9.78 Å². The SMILES string of the molecule is O=C(Nc1cnn(CC2COc3ccccc3O2)c1)c1cc2ccccc2o1. The van der Waals surface area contributed by atoms with Crippen LogP contribution in [0.2, 0.25) is 0 Å². The molecule has 1 N–H and O–H groups in total. The van der Waals surface area contributed by atoms with Crippen LogP contribution in [0, 0.1) is 0 Å². The molecular weight excluding hydrogens is 358 g/mol. The zero-order valence-electron chi connectivity index (χ0n) is 14.9. The van der Waals surface area contributed by atoms with Gasteiger partial charge in [-0.2, -0.15) is 5.10 Å². The van der Waals surface area contributed by atoms with Crippen LogP contribution in [0.3, 0.4) is 0 Å². The minimum absolute atomic E-state index is 0.159. The first-order valence-electron chi connectivity index (χ1n) is 8.95. The Labute approximate surface area is 160 Å². The van der Waals surface area contributed by atoms with Gasteiger partial charge in [0.1, 0.15) is 12.2 Å². The Morgan fingerprint density at radius 3 is 2.86 bits per heavy atom. The summed E-state index contributed by atoms with van der Waals surface area (Å²) >= 11 is 0. The van der Waals surface area contributed by atoms with E-state index in [1.807, 2.05) is 48.5 Å². The standard InChI is InChI=1S/C21H17N3O4/c25-21(20-9-14-5-1-2-6-17(14)28-20)23-15-10-22-24(11-15)12-16-13-26-18-7-3-4-8-19(18)27-16/h1-11,16H,12-13H2,(H,23,25). The Morgan fingerprint density at radius 1 is 1.14 bits per heavy atom. The number of rotatable bonds is 4. The van der Waals surface area contributed by atoms with Crippen LogP contribution < -0.4 is 14.8 Å². The Bertz CT molecular complexity index is 1110. The molecule has 140 valence electrons. The maximum atomic E-state index is 12.4. The van der Waals surface area contributed by atoms with Crippen LogP contribution in [0.15, 0.2) is 71.4 Å². The third kappa shape index (κ3) is 3.18. The molecule has 0 aliphatic carbocycles. The number of amides is 1. The summed E-state index contributed by atoms with van der Waals surface area (Å²) in [5, 5.41) is 7.98. The van der Waals surface area contributed by atoms with Crippen LogP contribution in [0.4, 0.5) is 5.69 Å². The largest absolute Gasteiger partial charge is 0.486 e. The average molecular weight is 375 g/mol. The second kappa shape index (κ2) is 6.77. The van der Waals surface area contributed by atoms with Crippen LogP contribution in [-0.4, -0.2) is 28.4 Å². The number of hydrogen-bond donors (Lipinski definition) is 1. The molecule has 2 aromatic heterocycles. The molecule has 1 unspecified atom stereocenters. The molecule has 4 aromatic rings. The van der Waals surface area contributed by atoms with E-state index >= 15 is 0 Å². The summed E-state index contributed by atoms with van der Waals surface area (Å²) in [6.07, 6.45) is 3.19. The van der Waals surface area contributed by atoms with Gasteiger partial charge in [0, 0.05) is 11.6 Å². The Hall–Kier alpha value is -3.74. The van der Waals surface area contributed by atoms with Gasteiger partial charge in [-0.15, -0.1) is 0 Å². The maximum absolute atomic E-state index is 12.4. The summed E-state index contributed by atoms with van der Waals surface area (Å²) in [6.45, 7) is 0.951. The summed E-state index contributed by atoms with van der Waals surface area (Å²) in [6, 6.07) is 16.8. The van der Waals surface area contributed by atoms with Gasteiger partial charge in [-0.25, -0.2) is 0 Å². The summed E-state index contributed by atoms with van der Waals surface area (Å²) < 4.78 is 19.0. The van der Waals surface area contributed by atoms with Crippen LogP contribution in [-0.2, 0) is 6.54 Å². The first-order chi connectivity index (χ1) is 13.7. The summed E-state index contributed by atoms with van der Waals surface area (Å²) in [4.78, 5) is 12.4. The fourth-order valence-electron chi connectivity index (χ4n) is 3.18. The number of carbonyl (C=O) groups excluding carboxylic acids is 1. The van der Waals surface area contributed by atoms with Crippen LogP contribution in [0.25, 0.3) is 11.0 Å². The zero-order valence-corrected chi connectivity index (χ0v) is 14.9. The van der Waals surface area contributed by atoms with Gasteiger partial charge < -0.3 is 19.2 Å². The van der Waals surface area contributed by atoms with E-state index in [4.69, 9.17) is 13.9 Å². The van der Waals surface area contributed by atoms with E-state index in [0.29, 0.717) is 24.4 Å². The second-order valence-electron chi connectivity index (χ2n) is 6.55. The fourth-order valence-corrected chi connectivity index (χ4v) is 3.18. The number of hydrogen-bond acceptors (Lipinski definition) is 5. The summed E-state index contributed by atoms with van der Waals surface area (Å²) in [5.41, 5.74) is 1.26.